The number of carbonyl (C=O) groups excluding carboxylic acids is 3. The summed E-state index contributed by atoms with van der Waals surface area (Å²) >= 11 is 0. The standard InChI is InChI=1S/C23H26F2N4O3/c1-23(17-8-10-18(24)11-9-17)21(31)29(22(32)26-23)15-20(30)28(13-12-27(2)3)14-16-6-4-5-7-19(16)25/h4-11H,12-15H2,1-3H3,(H,26,32). The van der Waals surface area contributed by atoms with Gasteiger partial charge in [-0.2, -0.15) is 0 Å². The fourth-order valence-electron chi connectivity index (χ4n) is 3.50. The van der Waals surface area contributed by atoms with E-state index in [1.165, 1.54) is 42.2 Å². The molecule has 1 aliphatic heterocycles. The molecule has 0 bridgehead atoms. The lowest BCUT2D eigenvalue weighted by Gasteiger charge is -2.27. The molecule has 1 saturated heterocycles. The first-order valence-electron chi connectivity index (χ1n) is 10.2. The van der Waals surface area contributed by atoms with Gasteiger partial charge in [-0.1, -0.05) is 30.3 Å². The first-order valence-corrected chi connectivity index (χ1v) is 10.2. The van der Waals surface area contributed by atoms with Gasteiger partial charge in [0, 0.05) is 25.2 Å². The largest absolute Gasteiger partial charge is 0.335 e. The van der Waals surface area contributed by atoms with Crippen molar-refractivity contribution in [3.05, 3.63) is 71.3 Å². The molecular weight excluding hydrogens is 418 g/mol. The Morgan fingerprint density at radius 2 is 1.69 bits per heavy atom. The van der Waals surface area contributed by atoms with Crippen LogP contribution in [0.1, 0.15) is 18.1 Å². The number of nitrogens with one attached hydrogen (secondary N) is 1. The van der Waals surface area contributed by atoms with Crippen LogP contribution in [0.2, 0.25) is 0 Å². The zero-order chi connectivity index (χ0) is 23.5. The third kappa shape index (κ3) is 4.94. The molecule has 1 fully saturated rings. The average molecular weight is 444 g/mol. The van der Waals surface area contributed by atoms with E-state index < -0.39 is 41.6 Å². The predicted molar refractivity (Wildman–Crippen MR) is 114 cm³/mol. The van der Waals surface area contributed by atoms with Crippen molar-refractivity contribution >= 4 is 17.8 Å². The molecule has 4 amide bonds. The van der Waals surface area contributed by atoms with E-state index in [4.69, 9.17) is 0 Å². The van der Waals surface area contributed by atoms with Crippen molar-refractivity contribution < 1.29 is 23.2 Å². The summed E-state index contributed by atoms with van der Waals surface area (Å²) in [5, 5.41) is 2.60. The summed E-state index contributed by atoms with van der Waals surface area (Å²) in [6.45, 7) is 1.85. The number of nitrogens with zero attached hydrogens (tertiary/aromatic N) is 3. The van der Waals surface area contributed by atoms with Gasteiger partial charge in [-0.3, -0.25) is 14.5 Å². The molecule has 0 aliphatic carbocycles. The minimum atomic E-state index is -1.41. The number of benzene rings is 2. The van der Waals surface area contributed by atoms with E-state index in [0.717, 1.165) is 4.90 Å². The number of urea groups is 1. The fraction of sp³-hybridized carbons (Fsp3) is 0.348. The number of halogens is 2. The molecule has 7 nitrogen and oxygen atoms in total. The van der Waals surface area contributed by atoms with Crippen LogP contribution < -0.4 is 5.32 Å². The number of imide groups is 1. The van der Waals surface area contributed by atoms with Crippen LogP contribution >= 0.6 is 0 Å². The number of rotatable bonds is 8. The molecule has 2 aromatic carbocycles. The molecular formula is C23H26F2N4O3. The highest BCUT2D eigenvalue weighted by atomic mass is 19.1. The van der Waals surface area contributed by atoms with Gasteiger partial charge in [-0.25, -0.2) is 13.6 Å². The molecule has 1 heterocycles. The summed E-state index contributed by atoms with van der Waals surface area (Å²) in [5.74, 6) is -2.00. The van der Waals surface area contributed by atoms with Gasteiger partial charge in [0.15, 0.2) is 0 Å². The Morgan fingerprint density at radius 3 is 2.31 bits per heavy atom. The van der Waals surface area contributed by atoms with Gasteiger partial charge in [0.25, 0.3) is 5.91 Å². The Balaban J connectivity index is 1.78. The Labute approximate surface area is 185 Å². The molecule has 1 atom stereocenters. The SMILES string of the molecule is CN(C)CCN(Cc1ccccc1F)C(=O)CN1C(=O)NC(C)(c2ccc(F)cc2)C1=O. The molecule has 2 aromatic rings. The number of hydrogen-bond donors (Lipinski definition) is 1. The maximum Gasteiger partial charge on any atom is 0.325 e. The van der Waals surface area contributed by atoms with Gasteiger partial charge < -0.3 is 15.1 Å². The van der Waals surface area contributed by atoms with Crippen LogP contribution in [0.4, 0.5) is 13.6 Å². The maximum absolute atomic E-state index is 14.2. The minimum Gasteiger partial charge on any atom is -0.335 e. The van der Waals surface area contributed by atoms with Crippen molar-refractivity contribution in [1.82, 2.24) is 20.0 Å². The molecule has 0 spiro atoms. The van der Waals surface area contributed by atoms with Crippen LogP contribution in [0.3, 0.4) is 0 Å². The van der Waals surface area contributed by atoms with Crippen LogP contribution in [0.5, 0.6) is 0 Å². The lowest BCUT2D eigenvalue weighted by Crippen LogP contribution is -2.45. The highest BCUT2D eigenvalue weighted by Crippen LogP contribution is 2.29. The second kappa shape index (κ2) is 9.44. The summed E-state index contributed by atoms with van der Waals surface area (Å²) < 4.78 is 27.4. The van der Waals surface area contributed by atoms with Crippen molar-refractivity contribution in [2.75, 3.05) is 33.7 Å². The van der Waals surface area contributed by atoms with Crippen LogP contribution in [-0.4, -0.2) is 66.3 Å². The Kier molecular flexibility index (Phi) is 6.88. The number of hydrogen-bond acceptors (Lipinski definition) is 4. The van der Waals surface area contributed by atoms with Crippen molar-refractivity contribution in [2.24, 2.45) is 0 Å². The van der Waals surface area contributed by atoms with E-state index in [1.54, 1.807) is 18.2 Å². The van der Waals surface area contributed by atoms with Crippen molar-refractivity contribution in [2.45, 2.75) is 19.0 Å². The summed E-state index contributed by atoms with van der Waals surface area (Å²) in [5.41, 5.74) is -0.665. The Morgan fingerprint density at radius 1 is 1.03 bits per heavy atom. The number of carbonyl (C=O) groups is 3. The van der Waals surface area contributed by atoms with E-state index in [2.05, 4.69) is 5.32 Å². The van der Waals surface area contributed by atoms with E-state index in [9.17, 15) is 23.2 Å². The van der Waals surface area contributed by atoms with E-state index in [0.29, 0.717) is 24.2 Å². The van der Waals surface area contributed by atoms with Crippen molar-refractivity contribution in [1.29, 1.82) is 0 Å². The second-order valence-electron chi connectivity index (χ2n) is 8.16. The molecule has 3 rings (SSSR count). The highest BCUT2D eigenvalue weighted by molar-refractivity contribution is 6.09. The molecule has 32 heavy (non-hydrogen) atoms. The van der Waals surface area contributed by atoms with Gasteiger partial charge in [0.05, 0.1) is 0 Å². The topological polar surface area (TPSA) is 73.0 Å². The molecule has 1 unspecified atom stereocenters. The Hall–Kier alpha value is -3.33. The summed E-state index contributed by atoms with van der Waals surface area (Å²) in [4.78, 5) is 42.8. The van der Waals surface area contributed by atoms with Gasteiger partial charge in [0.2, 0.25) is 5.91 Å². The zero-order valence-electron chi connectivity index (χ0n) is 18.3. The lowest BCUT2D eigenvalue weighted by atomic mass is 9.92. The minimum absolute atomic E-state index is 0.0121. The molecule has 0 aromatic heterocycles. The Bertz CT molecular complexity index is 1010. The molecule has 170 valence electrons. The highest BCUT2D eigenvalue weighted by Gasteiger charge is 2.49. The molecule has 0 saturated carbocycles. The first kappa shape index (κ1) is 23.3. The molecule has 1 aliphatic rings. The smallest absolute Gasteiger partial charge is 0.325 e. The number of likely N-dealkylation sites (N-methyl/N-ethyl adjacent to an activating group) is 1. The average Bonchev–Trinajstić information content (AvgIpc) is 2.96. The third-order valence-corrected chi connectivity index (χ3v) is 5.48. The van der Waals surface area contributed by atoms with Crippen LogP contribution in [0.15, 0.2) is 48.5 Å². The monoisotopic (exact) mass is 444 g/mol. The van der Waals surface area contributed by atoms with Crippen molar-refractivity contribution in [3.8, 4) is 0 Å². The van der Waals surface area contributed by atoms with Crippen LogP contribution in [0, 0.1) is 11.6 Å². The van der Waals surface area contributed by atoms with E-state index >= 15 is 0 Å². The summed E-state index contributed by atoms with van der Waals surface area (Å²) in [6, 6.07) is 10.7. The van der Waals surface area contributed by atoms with Gasteiger partial charge >= 0.3 is 6.03 Å². The lowest BCUT2D eigenvalue weighted by molar-refractivity contribution is -0.139. The van der Waals surface area contributed by atoms with Crippen molar-refractivity contribution in [3.63, 3.8) is 0 Å². The van der Waals surface area contributed by atoms with E-state index in [1.807, 2.05) is 19.0 Å². The molecule has 9 heteroatoms. The third-order valence-electron chi connectivity index (χ3n) is 5.48. The normalized spacial score (nSPS) is 18.2. The zero-order valence-corrected chi connectivity index (χ0v) is 18.3. The van der Waals surface area contributed by atoms with Gasteiger partial charge in [-0.15, -0.1) is 0 Å². The van der Waals surface area contributed by atoms with Crippen LogP contribution in [-0.2, 0) is 21.7 Å². The van der Waals surface area contributed by atoms with Gasteiger partial charge in [-0.05, 0) is 44.8 Å². The quantitative estimate of drug-likeness (QED) is 0.635. The maximum atomic E-state index is 14.2. The van der Waals surface area contributed by atoms with Gasteiger partial charge in [0.1, 0.15) is 23.7 Å². The first-order chi connectivity index (χ1) is 15.1. The second-order valence-corrected chi connectivity index (χ2v) is 8.16. The van der Waals surface area contributed by atoms with Crippen LogP contribution in [0.25, 0.3) is 0 Å². The molecule has 0 radical (unpaired) electrons. The fourth-order valence-corrected chi connectivity index (χ4v) is 3.50. The summed E-state index contributed by atoms with van der Waals surface area (Å²) in [7, 11) is 3.69. The summed E-state index contributed by atoms with van der Waals surface area (Å²) in [6.07, 6.45) is 0. The number of amides is 4. The van der Waals surface area contributed by atoms with E-state index in [-0.39, 0.29) is 6.54 Å². The molecule has 1 N–H and O–H groups in total. The predicted octanol–water partition coefficient (Wildman–Crippen LogP) is 2.32.